The van der Waals surface area contributed by atoms with Crippen LogP contribution in [-0.4, -0.2) is 17.0 Å². The standard InChI is InChI=1S/C14H13BrClNO3/c15-11-6-5-8(16)7-12(11)17-13(18)9-3-1-2-4-10(9)14(19)20/h1-2,5-7,9-10H,3-4H2,(H,17,18)(H,19,20)/t9-,10+/m1/s1. The molecular formula is C14H13BrClNO3. The maximum absolute atomic E-state index is 12.3. The Morgan fingerprint density at radius 2 is 1.90 bits per heavy atom. The lowest BCUT2D eigenvalue weighted by molar-refractivity contribution is -0.146. The summed E-state index contributed by atoms with van der Waals surface area (Å²) in [7, 11) is 0. The van der Waals surface area contributed by atoms with Gasteiger partial charge in [-0.25, -0.2) is 0 Å². The Bertz CT molecular complexity index is 574. The SMILES string of the molecule is O=C(O)[C@H]1CC=CC[C@H]1C(=O)Nc1cc(Cl)ccc1Br. The average Bonchev–Trinajstić information content (AvgIpc) is 2.42. The van der Waals surface area contributed by atoms with Crippen molar-refractivity contribution in [2.75, 3.05) is 5.32 Å². The minimum atomic E-state index is -0.945. The molecule has 1 aromatic rings. The van der Waals surface area contributed by atoms with E-state index in [0.717, 1.165) is 0 Å². The lowest BCUT2D eigenvalue weighted by Gasteiger charge is -2.24. The van der Waals surface area contributed by atoms with E-state index in [2.05, 4.69) is 21.2 Å². The highest BCUT2D eigenvalue weighted by Crippen LogP contribution is 2.30. The molecule has 2 rings (SSSR count). The van der Waals surface area contributed by atoms with Crippen LogP contribution in [0.25, 0.3) is 0 Å². The summed E-state index contributed by atoms with van der Waals surface area (Å²) in [6, 6.07) is 5.05. The minimum absolute atomic E-state index is 0.301. The van der Waals surface area contributed by atoms with Crippen molar-refractivity contribution in [1.29, 1.82) is 0 Å². The van der Waals surface area contributed by atoms with Crippen molar-refractivity contribution in [2.24, 2.45) is 11.8 Å². The monoisotopic (exact) mass is 357 g/mol. The number of hydrogen-bond donors (Lipinski definition) is 2. The van der Waals surface area contributed by atoms with E-state index in [-0.39, 0.29) is 5.91 Å². The molecule has 2 N–H and O–H groups in total. The third-order valence-corrected chi connectivity index (χ3v) is 4.20. The van der Waals surface area contributed by atoms with E-state index in [1.54, 1.807) is 24.3 Å². The molecule has 0 saturated heterocycles. The van der Waals surface area contributed by atoms with Crippen molar-refractivity contribution in [3.05, 3.63) is 39.8 Å². The van der Waals surface area contributed by atoms with Gasteiger partial charge in [0.1, 0.15) is 0 Å². The fourth-order valence-electron chi connectivity index (χ4n) is 2.20. The van der Waals surface area contributed by atoms with Gasteiger partial charge in [0.2, 0.25) is 5.91 Å². The molecule has 0 saturated carbocycles. The first-order valence-corrected chi connectivity index (χ1v) is 7.30. The van der Waals surface area contributed by atoms with Crippen LogP contribution in [0.5, 0.6) is 0 Å². The van der Waals surface area contributed by atoms with Crippen LogP contribution in [0, 0.1) is 11.8 Å². The topological polar surface area (TPSA) is 66.4 Å². The van der Waals surface area contributed by atoms with Gasteiger partial charge in [-0.15, -0.1) is 0 Å². The molecule has 1 aromatic carbocycles. The molecule has 0 fully saturated rings. The average molecular weight is 359 g/mol. The summed E-state index contributed by atoms with van der Waals surface area (Å²) in [5.74, 6) is -2.49. The molecule has 0 heterocycles. The second-order valence-electron chi connectivity index (χ2n) is 4.61. The van der Waals surface area contributed by atoms with Crippen molar-refractivity contribution in [1.82, 2.24) is 0 Å². The third-order valence-electron chi connectivity index (χ3n) is 3.27. The molecule has 1 aliphatic rings. The van der Waals surface area contributed by atoms with Crippen molar-refractivity contribution < 1.29 is 14.7 Å². The van der Waals surface area contributed by atoms with Crippen LogP contribution in [0.2, 0.25) is 5.02 Å². The molecule has 4 nitrogen and oxygen atoms in total. The quantitative estimate of drug-likeness (QED) is 0.810. The van der Waals surface area contributed by atoms with Crippen LogP contribution >= 0.6 is 27.5 Å². The lowest BCUT2D eigenvalue weighted by Crippen LogP contribution is -2.34. The van der Waals surface area contributed by atoms with Crippen molar-refractivity contribution in [3.8, 4) is 0 Å². The molecule has 2 atom stereocenters. The Kier molecular flexibility index (Phi) is 4.83. The highest BCUT2D eigenvalue weighted by atomic mass is 79.9. The van der Waals surface area contributed by atoms with Gasteiger partial charge in [0.25, 0.3) is 0 Å². The Morgan fingerprint density at radius 1 is 1.25 bits per heavy atom. The van der Waals surface area contributed by atoms with E-state index in [1.165, 1.54) is 0 Å². The van der Waals surface area contributed by atoms with Gasteiger partial charge in [0.15, 0.2) is 0 Å². The largest absolute Gasteiger partial charge is 0.481 e. The zero-order valence-corrected chi connectivity index (χ0v) is 12.8. The van der Waals surface area contributed by atoms with Crippen LogP contribution in [0.3, 0.4) is 0 Å². The third kappa shape index (κ3) is 3.41. The first-order valence-electron chi connectivity index (χ1n) is 6.12. The van der Waals surface area contributed by atoms with Gasteiger partial charge in [-0.05, 0) is 47.0 Å². The number of benzene rings is 1. The van der Waals surface area contributed by atoms with Gasteiger partial charge in [-0.1, -0.05) is 23.8 Å². The van der Waals surface area contributed by atoms with Crippen LogP contribution in [-0.2, 0) is 9.59 Å². The first-order chi connectivity index (χ1) is 9.49. The van der Waals surface area contributed by atoms with E-state index >= 15 is 0 Å². The van der Waals surface area contributed by atoms with Crippen molar-refractivity contribution >= 4 is 45.1 Å². The summed E-state index contributed by atoms with van der Waals surface area (Å²) in [6.45, 7) is 0. The van der Waals surface area contributed by atoms with Gasteiger partial charge in [-0.2, -0.15) is 0 Å². The highest BCUT2D eigenvalue weighted by Gasteiger charge is 2.34. The van der Waals surface area contributed by atoms with Crippen LogP contribution in [0.4, 0.5) is 5.69 Å². The fourth-order valence-corrected chi connectivity index (χ4v) is 2.71. The van der Waals surface area contributed by atoms with E-state index in [0.29, 0.717) is 28.0 Å². The number of carbonyl (C=O) groups is 2. The summed E-state index contributed by atoms with van der Waals surface area (Å²) in [5, 5.41) is 12.4. The van der Waals surface area contributed by atoms with Crippen molar-refractivity contribution in [2.45, 2.75) is 12.8 Å². The molecule has 0 unspecified atom stereocenters. The molecule has 0 bridgehead atoms. The van der Waals surface area contributed by atoms with Crippen LogP contribution < -0.4 is 5.32 Å². The van der Waals surface area contributed by atoms with Crippen molar-refractivity contribution in [3.63, 3.8) is 0 Å². The molecule has 20 heavy (non-hydrogen) atoms. The number of amides is 1. The van der Waals surface area contributed by atoms with Gasteiger partial charge >= 0.3 is 5.97 Å². The summed E-state index contributed by atoms with van der Waals surface area (Å²) in [4.78, 5) is 23.5. The molecule has 0 radical (unpaired) electrons. The smallest absolute Gasteiger partial charge is 0.307 e. The molecule has 6 heteroatoms. The molecule has 1 amide bonds. The number of carboxylic acids is 1. The zero-order chi connectivity index (χ0) is 14.7. The molecule has 1 aliphatic carbocycles. The molecule has 0 aromatic heterocycles. The predicted molar refractivity (Wildman–Crippen MR) is 80.8 cm³/mol. The molecule has 0 spiro atoms. The van der Waals surface area contributed by atoms with E-state index < -0.39 is 17.8 Å². The minimum Gasteiger partial charge on any atom is -0.481 e. The molecular weight excluding hydrogens is 346 g/mol. The predicted octanol–water partition coefficient (Wildman–Crippen LogP) is 3.71. The first kappa shape index (κ1) is 15.1. The van der Waals surface area contributed by atoms with Gasteiger partial charge in [0.05, 0.1) is 17.5 Å². The molecule has 106 valence electrons. The Labute approximate surface area is 129 Å². The van der Waals surface area contributed by atoms with E-state index in [4.69, 9.17) is 11.6 Å². The maximum Gasteiger partial charge on any atom is 0.307 e. The second-order valence-corrected chi connectivity index (χ2v) is 5.90. The zero-order valence-electron chi connectivity index (χ0n) is 10.5. The fraction of sp³-hybridized carbons (Fsp3) is 0.286. The van der Waals surface area contributed by atoms with Crippen LogP contribution in [0.1, 0.15) is 12.8 Å². The van der Waals surface area contributed by atoms with Gasteiger partial charge < -0.3 is 10.4 Å². The van der Waals surface area contributed by atoms with E-state index in [1.807, 2.05) is 6.08 Å². The number of allylic oxidation sites excluding steroid dienone is 2. The lowest BCUT2D eigenvalue weighted by atomic mass is 9.82. The number of aliphatic carboxylic acids is 1. The number of carbonyl (C=O) groups excluding carboxylic acids is 1. The Hall–Kier alpha value is -1.33. The number of rotatable bonds is 3. The number of halogens is 2. The molecule has 0 aliphatic heterocycles. The van der Waals surface area contributed by atoms with Gasteiger partial charge in [0, 0.05) is 9.50 Å². The Balaban J connectivity index is 2.16. The maximum atomic E-state index is 12.3. The number of carboxylic acid groups (broad SMARTS) is 1. The summed E-state index contributed by atoms with van der Waals surface area (Å²) >= 11 is 9.21. The highest BCUT2D eigenvalue weighted by molar-refractivity contribution is 9.10. The van der Waals surface area contributed by atoms with Crippen LogP contribution in [0.15, 0.2) is 34.8 Å². The number of anilines is 1. The Morgan fingerprint density at radius 3 is 2.55 bits per heavy atom. The summed E-state index contributed by atoms with van der Waals surface area (Å²) < 4.78 is 0.702. The normalized spacial score (nSPS) is 21.5. The van der Waals surface area contributed by atoms with E-state index in [9.17, 15) is 14.7 Å². The summed E-state index contributed by atoms with van der Waals surface area (Å²) in [5.41, 5.74) is 0.543. The summed E-state index contributed by atoms with van der Waals surface area (Å²) in [6.07, 6.45) is 4.46. The second kappa shape index (κ2) is 6.41. The number of nitrogens with one attached hydrogen (secondary N) is 1. The number of hydrogen-bond acceptors (Lipinski definition) is 2. The van der Waals surface area contributed by atoms with Gasteiger partial charge in [-0.3, -0.25) is 9.59 Å².